The molecule has 2 rings (SSSR count). The Morgan fingerprint density at radius 2 is 2.18 bits per heavy atom. The van der Waals surface area contributed by atoms with Crippen molar-refractivity contribution in [2.24, 2.45) is 0 Å². The average Bonchev–Trinajstić information content (AvgIpc) is 2.29. The van der Waals surface area contributed by atoms with E-state index in [9.17, 15) is 4.79 Å². The van der Waals surface area contributed by atoms with E-state index in [0.717, 1.165) is 5.69 Å². The molecule has 0 saturated heterocycles. The minimum atomic E-state index is -0.959. The van der Waals surface area contributed by atoms with Gasteiger partial charge in [0.1, 0.15) is 0 Å². The molecular formula is C12H11N3O2. The smallest absolute Gasteiger partial charge is 0.335 e. The second-order valence-corrected chi connectivity index (χ2v) is 3.53. The number of hydrogen-bond donors (Lipinski definition) is 2. The van der Waals surface area contributed by atoms with Crippen LogP contribution >= 0.6 is 0 Å². The lowest BCUT2D eigenvalue weighted by atomic mass is 10.2. The monoisotopic (exact) mass is 229 g/mol. The number of nitrogens with zero attached hydrogens (tertiary/aromatic N) is 2. The Morgan fingerprint density at radius 3 is 2.88 bits per heavy atom. The molecule has 2 N–H and O–H groups in total. The molecule has 0 aliphatic rings. The first kappa shape index (κ1) is 11.1. The maximum atomic E-state index is 10.8. The van der Waals surface area contributed by atoms with Crippen molar-refractivity contribution in [2.45, 2.75) is 6.92 Å². The summed E-state index contributed by atoms with van der Waals surface area (Å²) < 4.78 is 0. The van der Waals surface area contributed by atoms with E-state index in [2.05, 4.69) is 15.3 Å². The molecule has 1 aromatic heterocycles. The minimum Gasteiger partial charge on any atom is -0.478 e. The number of carboxylic acid groups (broad SMARTS) is 1. The number of benzene rings is 1. The van der Waals surface area contributed by atoms with Crippen LogP contribution in [-0.2, 0) is 0 Å². The van der Waals surface area contributed by atoms with Crippen molar-refractivity contribution in [2.75, 3.05) is 5.32 Å². The van der Waals surface area contributed by atoms with Crippen LogP contribution in [0.25, 0.3) is 0 Å². The molecule has 2 aromatic rings. The Bertz CT molecular complexity index is 555. The third-order valence-electron chi connectivity index (χ3n) is 2.16. The van der Waals surface area contributed by atoms with Crippen molar-refractivity contribution >= 4 is 17.6 Å². The Balaban J connectivity index is 2.24. The summed E-state index contributed by atoms with van der Waals surface area (Å²) in [6.07, 6.45) is 1.64. The van der Waals surface area contributed by atoms with Gasteiger partial charge in [-0.2, -0.15) is 0 Å². The fraction of sp³-hybridized carbons (Fsp3) is 0.0833. The van der Waals surface area contributed by atoms with Crippen molar-refractivity contribution in [3.63, 3.8) is 0 Å². The molecule has 0 aliphatic heterocycles. The van der Waals surface area contributed by atoms with Crippen LogP contribution in [0, 0.1) is 6.92 Å². The largest absolute Gasteiger partial charge is 0.478 e. The molecule has 1 aromatic carbocycles. The molecule has 0 bridgehead atoms. The number of aromatic carboxylic acids is 1. The number of anilines is 2. The molecule has 5 heteroatoms. The number of hydrogen-bond acceptors (Lipinski definition) is 4. The highest BCUT2D eigenvalue weighted by atomic mass is 16.4. The quantitative estimate of drug-likeness (QED) is 0.844. The van der Waals surface area contributed by atoms with Gasteiger partial charge in [0.25, 0.3) is 0 Å². The van der Waals surface area contributed by atoms with Crippen molar-refractivity contribution in [3.8, 4) is 0 Å². The summed E-state index contributed by atoms with van der Waals surface area (Å²) in [5.41, 5.74) is 1.72. The molecule has 0 saturated carbocycles. The van der Waals surface area contributed by atoms with E-state index >= 15 is 0 Å². The summed E-state index contributed by atoms with van der Waals surface area (Å²) >= 11 is 0. The summed E-state index contributed by atoms with van der Waals surface area (Å²) in [4.78, 5) is 19.0. The van der Waals surface area contributed by atoms with Gasteiger partial charge in [0.2, 0.25) is 5.95 Å². The molecule has 0 aliphatic carbocycles. The molecule has 0 atom stereocenters. The fourth-order valence-corrected chi connectivity index (χ4v) is 1.37. The Kier molecular flexibility index (Phi) is 3.00. The first-order chi connectivity index (χ1) is 8.15. The SMILES string of the molecule is Cc1ccnc(Nc2cccc(C(=O)O)c2)n1. The predicted octanol–water partition coefficient (Wildman–Crippen LogP) is 2.23. The van der Waals surface area contributed by atoms with E-state index in [4.69, 9.17) is 5.11 Å². The zero-order chi connectivity index (χ0) is 12.3. The van der Waals surface area contributed by atoms with Crippen LogP contribution in [0.3, 0.4) is 0 Å². The predicted molar refractivity (Wildman–Crippen MR) is 63.5 cm³/mol. The number of nitrogens with one attached hydrogen (secondary N) is 1. The molecule has 1 heterocycles. The molecular weight excluding hydrogens is 218 g/mol. The van der Waals surface area contributed by atoms with E-state index < -0.39 is 5.97 Å². The molecule has 0 radical (unpaired) electrons. The lowest BCUT2D eigenvalue weighted by Gasteiger charge is -2.05. The van der Waals surface area contributed by atoms with Crippen molar-refractivity contribution in [1.82, 2.24) is 9.97 Å². The van der Waals surface area contributed by atoms with Crippen LogP contribution in [-0.4, -0.2) is 21.0 Å². The van der Waals surface area contributed by atoms with Crippen LogP contribution in [0.2, 0.25) is 0 Å². The van der Waals surface area contributed by atoms with Gasteiger partial charge >= 0.3 is 5.97 Å². The normalized spacial score (nSPS) is 9.94. The standard InChI is InChI=1S/C12H11N3O2/c1-8-5-6-13-12(14-8)15-10-4-2-3-9(7-10)11(16)17/h2-7H,1H3,(H,16,17)(H,13,14,15). The van der Waals surface area contributed by atoms with Crippen molar-refractivity contribution < 1.29 is 9.90 Å². The lowest BCUT2D eigenvalue weighted by Crippen LogP contribution is -2.00. The van der Waals surface area contributed by atoms with E-state index in [1.807, 2.05) is 6.92 Å². The van der Waals surface area contributed by atoms with E-state index in [1.165, 1.54) is 12.1 Å². The van der Waals surface area contributed by atoms with Gasteiger partial charge in [-0.1, -0.05) is 6.07 Å². The first-order valence-corrected chi connectivity index (χ1v) is 5.05. The molecule has 0 unspecified atom stereocenters. The zero-order valence-electron chi connectivity index (χ0n) is 9.21. The van der Waals surface area contributed by atoms with Gasteiger partial charge in [-0.05, 0) is 31.2 Å². The van der Waals surface area contributed by atoms with Gasteiger partial charge in [0, 0.05) is 17.6 Å². The molecule has 0 fully saturated rings. The molecule has 0 amide bonds. The van der Waals surface area contributed by atoms with Crippen LogP contribution < -0.4 is 5.32 Å². The number of carboxylic acids is 1. The summed E-state index contributed by atoms with van der Waals surface area (Å²) in [7, 11) is 0. The molecule has 5 nitrogen and oxygen atoms in total. The van der Waals surface area contributed by atoms with Gasteiger partial charge in [-0.25, -0.2) is 14.8 Å². The Hall–Kier alpha value is -2.43. The maximum Gasteiger partial charge on any atom is 0.335 e. The Labute approximate surface area is 98.2 Å². The molecule has 17 heavy (non-hydrogen) atoms. The van der Waals surface area contributed by atoms with Gasteiger partial charge in [0.05, 0.1) is 5.56 Å². The van der Waals surface area contributed by atoms with Crippen molar-refractivity contribution in [3.05, 3.63) is 47.8 Å². The zero-order valence-corrected chi connectivity index (χ0v) is 9.21. The summed E-state index contributed by atoms with van der Waals surface area (Å²) in [6, 6.07) is 8.29. The summed E-state index contributed by atoms with van der Waals surface area (Å²) in [5, 5.41) is 11.8. The van der Waals surface area contributed by atoms with Gasteiger partial charge in [-0.3, -0.25) is 0 Å². The highest BCUT2D eigenvalue weighted by Crippen LogP contribution is 2.14. The second-order valence-electron chi connectivity index (χ2n) is 3.53. The number of carbonyl (C=O) groups is 1. The Morgan fingerprint density at radius 1 is 1.35 bits per heavy atom. The third-order valence-corrected chi connectivity index (χ3v) is 2.16. The number of aryl methyl sites for hydroxylation is 1. The van der Waals surface area contributed by atoms with Crippen molar-refractivity contribution in [1.29, 1.82) is 0 Å². The number of rotatable bonds is 3. The average molecular weight is 229 g/mol. The van der Waals surface area contributed by atoms with Crippen LogP contribution in [0.4, 0.5) is 11.6 Å². The summed E-state index contributed by atoms with van der Waals surface area (Å²) in [5.74, 6) is -0.508. The fourth-order valence-electron chi connectivity index (χ4n) is 1.37. The topological polar surface area (TPSA) is 75.1 Å². The van der Waals surface area contributed by atoms with Crippen LogP contribution in [0.15, 0.2) is 36.5 Å². The van der Waals surface area contributed by atoms with Crippen LogP contribution in [0.5, 0.6) is 0 Å². The van der Waals surface area contributed by atoms with Gasteiger partial charge in [0.15, 0.2) is 0 Å². The first-order valence-electron chi connectivity index (χ1n) is 5.05. The van der Waals surface area contributed by atoms with Crippen LogP contribution in [0.1, 0.15) is 16.1 Å². The minimum absolute atomic E-state index is 0.225. The van der Waals surface area contributed by atoms with E-state index in [0.29, 0.717) is 11.6 Å². The number of aromatic nitrogens is 2. The summed E-state index contributed by atoms with van der Waals surface area (Å²) in [6.45, 7) is 1.86. The maximum absolute atomic E-state index is 10.8. The van der Waals surface area contributed by atoms with Gasteiger partial charge < -0.3 is 10.4 Å². The lowest BCUT2D eigenvalue weighted by molar-refractivity contribution is 0.0697. The third kappa shape index (κ3) is 2.78. The molecule has 0 spiro atoms. The van der Waals surface area contributed by atoms with E-state index in [1.54, 1.807) is 24.4 Å². The van der Waals surface area contributed by atoms with E-state index in [-0.39, 0.29) is 5.56 Å². The highest BCUT2D eigenvalue weighted by molar-refractivity contribution is 5.88. The molecule has 86 valence electrons. The highest BCUT2D eigenvalue weighted by Gasteiger charge is 2.04. The van der Waals surface area contributed by atoms with Gasteiger partial charge in [-0.15, -0.1) is 0 Å². The second kappa shape index (κ2) is 4.61.